The summed E-state index contributed by atoms with van der Waals surface area (Å²) in [5.74, 6) is -0.670. The number of thiazole rings is 1. The van der Waals surface area contributed by atoms with Crippen molar-refractivity contribution in [3.63, 3.8) is 0 Å². The molecule has 3 rings (SSSR count). The van der Waals surface area contributed by atoms with Gasteiger partial charge in [-0.1, -0.05) is 35.1 Å². The summed E-state index contributed by atoms with van der Waals surface area (Å²) in [6, 6.07) is 10.7. The molecule has 0 aliphatic heterocycles. The van der Waals surface area contributed by atoms with E-state index in [0.717, 1.165) is 17.4 Å². The van der Waals surface area contributed by atoms with Crippen molar-refractivity contribution in [1.29, 1.82) is 0 Å². The average molecular weight is 403 g/mol. The summed E-state index contributed by atoms with van der Waals surface area (Å²) in [4.78, 5) is 37.8. The molecule has 3 aromatic rings. The van der Waals surface area contributed by atoms with Gasteiger partial charge in [0.2, 0.25) is 0 Å². The Bertz CT molecular complexity index is 1050. The van der Waals surface area contributed by atoms with Crippen LogP contribution in [0.4, 0.5) is 16.5 Å². The summed E-state index contributed by atoms with van der Waals surface area (Å²) in [7, 11) is 0. The molecular formula is C17H11ClN4O4S. The van der Waals surface area contributed by atoms with Gasteiger partial charge >= 0.3 is 0 Å². The lowest BCUT2D eigenvalue weighted by Gasteiger charge is -2.04. The monoisotopic (exact) mass is 402 g/mol. The molecule has 0 spiro atoms. The van der Waals surface area contributed by atoms with E-state index in [2.05, 4.69) is 10.3 Å². The van der Waals surface area contributed by atoms with E-state index < -0.39 is 10.8 Å². The molecule has 0 bridgehead atoms. The van der Waals surface area contributed by atoms with Crippen LogP contribution in [0.15, 0.2) is 42.5 Å². The molecule has 0 atom stereocenters. The third-order valence-corrected chi connectivity index (χ3v) is 4.80. The van der Waals surface area contributed by atoms with E-state index in [9.17, 15) is 19.7 Å². The second-order valence-corrected chi connectivity index (χ2v) is 6.78. The van der Waals surface area contributed by atoms with Crippen molar-refractivity contribution in [2.75, 3.05) is 5.32 Å². The minimum Gasteiger partial charge on any atom is -0.365 e. The molecule has 1 aromatic heterocycles. The van der Waals surface area contributed by atoms with Crippen LogP contribution in [0.1, 0.15) is 20.0 Å². The van der Waals surface area contributed by atoms with Crippen molar-refractivity contribution in [2.24, 2.45) is 5.73 Å². The van der Waals surface area contributed by atoms with Gasteiger partial charge in [0.05, 0.1) is 10.6 Å². The van der Waals surface area contributed by atoms with E-state index in [1.165, 1.54) is 12.1 Å². The molecule has 136 valence electrons. The Labute approximate surface area is 161 Å². The summed E-state index contributed by atoms with van der Waals surface area (Å²) in [6.07, 6.45) is 0.518. The molecular weight excluding hydrogens is 392 g/mol. The number of nitro groups is 1. The normalized spacial score (nSPS) is 10.4. The quantitative estimate of drug-likeness (QED) is 0.364. The van der Waals surface area contributed by atoms with E-state index in [1.54, 1.807) is 24.3 Å². The number of amides is 1. The minimum absolute atomic E-state index is 0.137. The Morgan fingerprint density at radius 1 is 1.26 bits per heavy atom. The van der Waals surface area contributed by atoms with Crippen LogP contribution in [-0.4, -0.2) is 22.1 Å². The van der Waals surface area contributed by atoms with Crippen molar-refractivity contribution < 1.29 is 14.5 Å². The molecule has 0 radical (unpaired) electrons. The molecule has 10 heteroatoms. The number of nitrogens with one attached hydrogen (secondary N) is 1. The maximum atomic E-state index is 11.8. The maximum Gasteiger partial charge on any atom is 0.293 e. The summed E-state index contributed by atoms with van der Waals surface area (Å²) in [6.45, 7) is 0. The number of rotatable bonds is 6. The third kappa shape index (κ3) is 3.94. The number of hydrogen-bond donors (Lipinski definition) is 2. The largest absolute Gasteiger partial charge is 0.365 e. The number of aromatic nitrogens is 1. The van der Waals surface area contributed by atoms with Gasteiger partial charge in [-0.3, -0.25) is 19.7 Å². The zero-order valence-electron chi connectivity index (χ0n) is 13.5. The Morgan fingerprint density at radius 2 is 1.96 bits per heavy atom. The predicted octanol–water partition coefficient (Wildman–Crippen LogP) is 4.03. The van der Waals surface area contributed by atoms with Crippen LogP contribution in [0.2, 0.25) is 5.02 Å². The summed E-state index contributed by atoms with van der Waals surface area (Å²) >= 11 is 6.85. The number of aldehydes is 1. The summed E-state index contributed by atoms with van der Waals surface area (Å²) < 4.78 is 0. The fourth-order valence-corrected chi connectivity index (χ4v) is 3.32. The summed E-state index contributed by atoms with van der Waals surface area (Å²) in [5, 5.41) is 14.9. The molecule has 0 fully saturated rings. The molecule has 0 saturated heterocycles. The molecule has 1 heterocycles. The first-order chi connectivity index (χ1) is 12.9. The molecule has 0 saturated carbocycles. The molecule has 0 aliphatic carbocycles. The van der Waals surface area contributed by atoms with Gasteiger partial charge in [-0.15, -0.1) is 0 Å². The van der Waals surface area contributed by atoms with Crippen molar-refractivity contribution in [2.45, 2.75) is 0 Å². The van der Waals surface area contributed by atoms with Crippen LogP contribution in [0.25, 0.3) is 11.3 Å². The molecule has 27 heavy (non-hydrogen) atoms. The Balaban J connectivity index is 2.03. The smallest absolute Gasteiger partial charge is 0.293 e. The average Bonchev–Trinajstić information content (AvgIpc) is 3.06. The van der Waals surface area contributed by atoms with Crippen molar-refractivity contribution in [3.8, 4) is 11.3 Å². The first-order valence-corrected chi connectivity index (χ1v) is 8.65. The second-order valence-electron chi connectivity index (χ2n) is 5.34. The fourth-order valence-electron chi connectivity index (χ4n) is 2.34. The van der Waals surface area contributed by atoms with Gasteiger partial charge in [0, 0.05) is 22.2 Å². The molecule has 1 amide bonds. The number of nitro benzene ring substituents is 1. The van der Waals surface area contributed by atoms with Gasteiger partial charge in [-0.2, -0.15) is 0 Å². The molecule has 0 aliphatic rings. The number of halogens is 1. The number of carbonyl (C=O) groups is 2. The lowest BCUT2D eigenvalue weighted by atomic mass is 10.1. The first-order valence-electron chi connectivity index (χ1n) is 7.46. The first kappa shape index (κ1) is 18.5. The fraction of sp³-hybridized carbons (Fsp3) is 0. The van der Waals surface area contributed by atoms with Crippen molar-refractivity contribution in [1.82, 2.24) is 4.98 Å². The highest BCUT2D eigenvalue weighted by Crippen LogP contribution is 2.35. The number of carbonyl (C=O) groups excluding carboxylic acids is 2. The van der Waals surface area contributed by atoms with Crippen LogP contribution >= 0.6 is 22.9 Å². The zero-order valence-corrected chi connectivity index (χ0v) is 15.1. The van der Waals surface area contributed by atoms with Crippen molar-refractivity contribution >= 4 is 51.6 Å². The molecule has 8 nitrogen and oxygen atoms in total. The topological polar surface area (TPSA) is 128 Å². The Hall–Kier alpha value is -3.30. The van der Waals surface area contributed by atoms with Gasteiger partial charge < -0.3 is 11.1 Å². The van der Waals surface area contributed by atoms with Crippen LogP contribution < -0.4 is 11.1 Å². The molecule has 2 aromatic carbocycles. The maximum absolute atomic E-state index is 11.8. The van der Waals surface area contributed by atoms with Gasteiger partial charge in [0.1, 0.15) is 16.9 Å². The highest BCUT2D eigenvalue weighted by Gasteiger charge is 2.20. The predicted molar refractivity (Wildman–Crippen MR) is 103 cm³/mol. The van der Waals surface area contributed by atoms with E-state index in [0.29, 0.717) is 22.6 Å². The number of nitrogens with zero attached hydrogens (tertiary/aromatic N) is 2. The number of nitrogens with two attached hydrogens (primary N) is 1. The van der Waals surface area contributed by atoms with Gasteiger partial charge in [-0.05, 0) is 24.3 Å². The number of hydrogen-bond acceptors (Lipinski definition) is 7. The Kier molecular flexibility index (Phi) is 5.15. The lowest BCUT2D eigenvalue weighted by Crippen LogP contribution is -2.10. The second kappa shape index (κ2) is 7.52. The van der Waals surface area contributed by atoms with Gasteiger partial charge in [0.15, 0.2) is 5.13 Å². The summed E-state index contributed by atoms with van der Waals surface area (Å²) in [5.41, 5.74) is 6.43. The standard InChI is InChI=1S/C17H11ClN4O4S/c18-11-4-2-10(3-5-11)14-15(16(19)24)27-17(21-14)20-12-6-1-9(8-23)7-13(12)22(25)26/h1-8H,(H2,19,24)(H,20,21). The third-order valence-electron chi connectivity index (χ3n) is 3.56. The zero-order chi connectivity index (χ0) is 19.6. The number of primary amides is 1. The van der Waals surface area contributed by atoms with E-state index in [-0.39, 0.29) is 26.9 Å². The van der Waals surface area contributed by atoms with Crippen LogP contribution in [0.3, 0.4) is 0 Å². The highest BCUT2D eigenvalue weighted by molar-refractivity contribution is 7.18. The van der Waals surface area contributed by atoms with Gasteiger partial charge in [-0.25, -0.2) is 4.98 Å². The van der Waals surface area contributed by atoms with Crippen LogP contribution in [0.5, 0.6) is 0 Å². The molecule has 0 unspecified atom stereocenters. The lowest BCUT2D eigenvalue weighted by molar-refractivity contribution is -0.383. The molecule has 3 N–H and O–H groups in total. The van der Waals surface area contributed by atoms with E-state index >= 15 is 0 Å². The Morgan fingerprint density at radius 3 is 2.56 bits per heavy atom. The SMILES string of the molecule is NC(=O)c1sc(Nc2ccc(C=O)cc2[N+](=O)[O-])nc1-c1ccc(Cl)cc1. The minimum atomic E-state index is -0.670. The number of anilines is 2. The number of benzene rings is 2. The van der Waals surface area contributed by atoms with Crippen LogP contribution in [-0.2, 0) is 0 Å². The van der Waals surface area contributed by atoms with E-state index in [4.69, 9.17) is 17.3 Å². The van der Waals surface area contributed by atoms with E-state index in [1.807, 2.05) is 0 Å². The van der Waals surface area contributed by atoms with Crippen molar-refractivity contribution in [3.05, 3.63) is 68.0 Å². The van der Waals surface area contributed by atoms with Gasteiger partial charge in [0.25, 0.3) is 11.6 Å². The highest BCUT2D eigenvalue weighted by atomic mass is 35.5. The van der Waals surface area contributed by atoms with Crippen LogP contribution in [0, 0.1) is 10.1 Å².